The first kappa shape index (κ1) is 21.2. The van der Waals surface area contributed by atoms with Gasteiger partial charge in [0.25, 0.3) is 0 Å². The molecule has 0 amide bonds. The highest BCUT2D eigenvalue weighted by Gasteiger charge is 2.24. The third-order valence-corrected chi connectivity index (χ3v) is 5.43. The molecule has 0 unspecified atom stereocenters. The van der Waals surface area contributed by atoms with Gasteiger partial charge in [0.2, 0.25) is 10.0 Å². The highest BCUT2D eigenvalue weighted by molar-refractivity contribution is 7.89. The highest BCUT2D eigenvalue weighted by atomic mass is 35.5. The zero-order valence-electron chi connectivity index (χ0n) is 15.1. The standard InChI is InChI=1S/C19H22ClNO5S/c1-3-25-16-9-5-14(6-10-16)18(13-19(22)26-4-2)21-27(23,24)17-11-7-15(20)8-12-17/h5-12,18,21H,3-4,13H2,1-2H3/t18-/m0/s1. The van der Waals surface area contributed by atoms with Crippen LogP contribution in [0.4, 0.5) is 0 Å². The van der Waals surface area contributed by atoms with Crippen LogP contribution in [0.5, 0.6) is 5.75 Å². The minimum Gasteiger partial charge on any atom is -0.494 e. The van der Waals surface area contributed by atoms with E-state index in [9.17, 15) is 13.2 Å². The Labute approximate surface area is 164 Å². The van der Waals surface area contributed by atoms with Crippen molar-refractivity contribution in [1.29, 1.82) is 0 Å². The molecule has 0 fully saturated rings. The monoisotopic (exact) mass is 411 g/mol. The second-order valence-corrected chi connectivity index (χ2v) is 7.79. The fraction of sp³-hybridized carbons (Fsp3) is 0.316. The molecule has 6 nitrogen and oxygen atoms in total. The van der Waals surface area contributed by atoms with Crippen LogP contribution in [0, 0.1) is 0 Å². The average Bonchev–Trinajstić information content (AvgIpc) is 2.62. The zero-order chi connectivity index (χ0) is 19.9. The quantitative estimate of drug-likeness (QED) is 0.636. The number of sulfonamides is 1. The summed E-state index contributed by atoms with van der Waals surface area (Å²) in [5.74, 6) is 0.173. The van der Waals surface area contributed by atoms with Crippen molar-refractivity contribution in [3.63, 3.8) is 0 Å². The lowest BCUT2D eigenvalue weighted by molar-refractivity contribution is -0.143. The molecule has 1 atom stereocenters. The maximum Gasteiger partial charge on any atom is 0.307 e. The lowest BCUT2D eigenvalue weighted by Gasteiger charge is -2.19. The number of carbonyl (C=O) groups excluding carboxylic acids is 1. The first-order valence-electron chi connectivity index (χ1n) is 8.52. The van der Waals surface area contributed by atoms with Crippen LogP contribution in [-0.4, -0.2) is 27.6 Å². The van der Waals surface area contributed by atoms with Gasteiger partial charge >= 0.3 is 5.97 Å². The van der Waals surface area contributed by atoms with Crippen LogP contribution in [0.3, 0.4) is 0 Å². The molecule has 2 rings (SSSR count). The van der Waals surface area contributed by atoms with Crippen LogP contribution in [0.25, 0.3) is 0 Å². The SMILES string of the molecule is CCOC(=O)C[C@H](NS(=O)(=O)c1ccc(Cl)cc1)c1ccc(OCC)cc1. The van der Waals surface area contributed by atoms with Gasteiger partial charge in [-0.2, -0.15) is 0 Å². The Balaban J connectivity index is 2.28. The Bertz CT molecular complexity index is 851. The molecule has 27 heavy (non-hydrogen) atoms. The summed E-state index contributed by atoms with van der Waals surface area (Å²) in [5.41, 5.74) is 0.629. The summed E-state index contributed by atoms with van der Waals surface area (Å²) in [5, 5.41) is 0.434. The second kappa shape index (κ2) is 9.73. The van der Waals surface area contributed by atoms with E-state index in [-0.39, 0.29) is 17.9 Å². The molecule has 0 radical (unpaired) electrons. The minimum absolute atomic E-state index is 0.0618. The molecule has 0 saturated carbocycles. The zero-order valence-corrected chi connectivity index (χ0v) is 16.7. The first-order valence-corrected chi connectivity index (χ1v) is 10.4. The van der Waals surface area contributed by atoms with E-state index in [0.717, 1.165) is 0 Å². The van der Waals surface area contributed by atoms with Gasteiger partial charge in [-0.05, 0) is 55.8 Å². The smallest absolute Gasteiger partial charge is 0.307 e. The molecular weight excluding hydrogens is 390 g/mol. The van der Waals surface area contributed by atoms with Gasteiger partial charge in [-0.1, -0.05) is 23.7 Å². The van der Waals surface area contributed by atoms with Crippen LogP contribution in [0.2, 0.25) is 5.02 Å². The van der Waals surface area contributed by atoms with Gasteiger partial charge in [0.1, 0.15) is 5.75 Å². The van der Waals surface area contributed by atoms with Gasteiger partial charge in [0, 0.05) is 5.02 Å². The topological polar surface area (TPSA) is 81.7 Å². The predicted octanol–water partition coefficient (Wildman–Crippen LogP) is 3.71. The van der Waals surface area contributed by atoms with Crippen LogP contribution in [-0.2, 0) is 19.6 Å². The number of hydrogen-bond donors (Lipinski definition) is 1. The molecule has 0 heterocycles. The third kappa shape index (κ3) is 6.23. The van der Waals surface area contributed by atoms with Crippen molar-refractivity contribution >= 4 is 27.6 Å². The summed E-state index contributed by atoms with van der Waals surface area (Å²) >= 11 is 5.82. The molecule has 0 aliphatic rings. The normalized spacial score (nSPS) is 12.4. The van der Waals surface area contributed by atoms with Crippen molar-refractivity contribution in [2.24, 2.45) is 0 Å². The number of halogens is 1. The number of ether oxygens (including phenoxy) is 2. The molecule has 8 heteroatoms. The number of rotatable bonds is 9. The van der Waals surface area contributed by atoms with E-state index >= 15 is 0 Å². The van der Waals surface area contributed by atoms with E-state index in [1.54, 1.807) is 31.2 Å². The number of nitrogens with one attached hydrogen (secondary N) is 1. The van der Waals surface area contributed by atoms with E-state index in [0.29, 0.717) is 22.9 Å². The Kier molecular flexibility index (Phi) is 7.65. The Hall–Kier alpha value is -2.09. The van der Waals surface area contributed by atoms with Crippen molar-refractivity contribution in [2.75, 3.05) is 13.2 Å². The van der Waals surface area contributed by atoms with E-state index in [4.69, 9.17) is 21.1 Å². The molecule has 0 aromatic heterocycles. The lowest BCUT2D eigenvalue weighted by Crippen LogP contribution is -2.30. The number of hydrogen-bond acceptors (Lipinski definition) is 5. The average molecular weight is 412 g/mol. The fourth-order valence-electron chi connectivity index (χ4n) is 2.45. The molecule has 2 aromatic rings. The maximum atomic E-state index is 12.7. The summed E-state index contributed by atoms with van der Waals surface area (Å²) in [6, 6.07) is 11.9. The maximum absolute atomic E-state index is 12.7. The van der Waals surface area contributed by atoms with Gasteiger partial charge in [-0.3, -0.25) is 4.79 Å². The van der Waals surface area contributed by atoms with Gasteiger partial charge in [0.15, 0.2) is 0 Å². The van der Waals surface area contributed by atoms with E-state index in [1.165, 1.54) is 24.3 Å². The fourth-order valence-corrected chi connectivity index (χ4v) is 3.80. The van der Waals surface area contributed by atoms with E-state index < -0.39 is 22.0 Å². The number of benzene rings is 2. The second-order valence-electron chi connectivity index (χ2n) is 5.64. The molecule has 146 valence electrons. The number of esters is 1. The molecule has 2 aromatic carbocycles. The summed E-state index contributed by atoms with van der Waals surface area (Å²) < 4.78 is 38.4. The van der Waals surface area contributed by atoms with Crippen LogP contribution in [0.1, 0.15) is 31.9 Å². The first-order chi connectivity index (χ1) is 12.9. The van der Waals surface area contributed by atoms with Crippen molar-refractivity contribution < 1.29 is 22.7 Å². The highest BCUT2D eigenvalue weighted by Crippen LogP contribution is 2.24. The van der Waals surface area contributed by atoms with Crippen molar-refractivity contribution in [1.82, 2.24) is 4.72 Å². The van der Waals surface area contributed by atoms with Gasteiger partial charge < -0.3 is 9.47 Å². The third-order valence-electron chi connectivity index (χ3n) is 3.69. The Morgan fingerprint density at radius 1 is 1.04 bits per heavy atom. The van der Waals surface area contributed by atoms with Gasteiger partial charge in [-0.25, -0.2) is 13.1 Å². The lowest BCUT2D eigenvalue weighted by atomic mass is 10.0. The largest absolute Gasteiger partial charge is 0.494 e. The Morgan fingerprint density at radius 2 is 1.67 bits per heavy atom. The van der Waals surface area contributed by atoms with Crippen LogP contribution >= 0.6 is 11.6 Å². The molecule has 0 spiro atoms. The van der Waals surface area contributed by atoms with E-state index in [2.05, 4.69) is 4.72 Å². The molecule has 1 N–H and O–H groups in total. The molecule has 0 bridgehead atoms. The molecule has 0 saturated heterocycles. The summed E-state index contributed by atoms with van der Waals surface area (Å²) in [6.45, 7) is 4.31. The minimum atomic E-state index is -3.85. The molecule has 0 aliphatic heterocycles. The van der Waals surface area contributed by atoms with E-state index in [1.807, 2.05) is 6.92 Å². The molecule has 0 aliphatic carbocycles. The predicted molar refractivity (Wildman–Crippen MR) is 103 cm³/mol. The van der Waals surface area contributed by atoms with Crippen molar-refractivity contribution in [3.8, 4) is 5.75 Å². The van der Waals surface area contributed by atoms with Crippen molar-refractivity contribution in [3.05, 3.63) is 59.1 Å². The van der Waals surface area contributed by atoms with Gasteiger partial charge in [-0.15, -0.1) is 0 Å². The summed E-state index contributed by atoms with van der Waals surface area (Å²) in [6.07, 6.45) is -0.130. The Morgan fingerprint density at radius 3 is 2.22 bits per heavy atom. The van der Waals surface area contributed by atoms with Gasteiger partial charge in [0.05, 0.1) is 30.6 Å². The van der Waals surface area contributed by atoms with Crippen LogP contribution in [0.15, 0.2) is 53.4 Å². The summed E-state index contributed by atoms with van der Waals surface area (Å²) in [7, 11) is -3.85. The number of carbonyl (C=O) groups is 1. The van der Waals surface area contributed by atoms with Crippen LogP contribution < -0.4 is 9.46 Å². The summed E-state index contributed by atoms with van der Waals surface area (Å²) in [4.78, 5) is 12.0. The molecular formula is C19H22ClNO5S. The van der Waals surface area contributed by atoms with Crippen molar-refractivity contribution in [2.45, 2.75) is 31.2 Å².